The third-order valence-corrected chi connectivity index (χ3v) is 10.4. The summed E-state index contributed by atoms with van der Waals surface area (Å²) in [5.74, 6) is -3.84. The molecule has 0 amide bonds. The molecule has 0 aromatic heterocycles. The van der Waals surface area contributed by atoms with Crippen LogP contribution in [0.15, 0.2) is 11.6 Å². The van der Waals surface area contributed by atoms with E-state index < -0.39 is 120 Å². The van der Waals surface area contributed by atoms with E-state index in [0.717, 1.165) is 0 Å². The first-order valence-electron chi connectivity index (χ1n) is 15.7. The molecule has 5 aliphatic rings. The number of hydrogen-bond acceptors (Lipinski definition) is 16. The molecule has 3 aliphatic heterocycles. The summed E-state index contributed by atoms with van der Waals surface area (Å²) in [7, 11) is 0. The molecular formula is C31H44O17. The lowest BCUT2D eigenvalue weighted by Gasteiger charge is -2.58. The molecule has 270 valence electrons. The summed E-state index contributed by atoms with van der Waals surface area (Å²) in [5, 5.41) is 63.0. The number of carbonyl (C=O) groups excluding carboxylic acids is 3. The molecule has 0 radical (unpaired) electrons. The number of hydrogen-bond donors (Lipinski definition) is 6. The van der Waals surface area contributed by atoms with Gasteiger partial charge in [0.1, 0.15) is 68.0 Å². The van der Waals surface area contributed by atoms with Crippen LogP contribution in [0.2, 0.25) is 0 Å². The number of esters is 3. The minimum absolute atomic E-state index is 0.0280. The zero-order chi connectivity index (χ0) is 35.6. The van der Waals surface area contributed by atoms with Gasteiger partial charge in [0.05, 0.1) is 30.8 Å². The van der Waals surface area contributed by atoms with Crippen LogP contribution in [0.5, 0.6) is 0 Å². The normalized spacial score (nSPS) is 43.2. The first-order chi connectivity index (χ1) is 22.3. The second kappa shape index (κ2) is 12.9. The third kappa shape index (κ3) is 6.24. The van der Waals surface area contributed by atoms with Crippen LogP contribution < -0.4 is 0 Å². The Balaban J connectivity index is 1.44. The Morgan fingerprint density at radius 2 is 1.69 bits per heavy atom. The Labute approximate surface area is 275 Å². The highest BCUT2D eigenvalue weighted by Crippen LogP contribution is 2.72. The van der Waals surface area contributed by atoms with Gasteiger partial charge in [-0.15, -0.1) is 0 Å². The predicted octanol–water partition coefficient (Wildman–Crippen LogP) is -1.91. The van der Waals surface area contributed by atoms with Gasteiger partial charge in [-0.3, -0.25) is 19.2 Å². The van der Waals surface area contributed by atoms with Gasteiger partial charge in [-0.1, -0.05) is 13.0 Å². The van der Waals surface area contributed by atoms with E-state index in [1.165, 1.54) is 20.8 Å². The Kier molecular flexibility index (Phi) is 9.79. The molecule has 48 heavy (non-hydrogen) atoms. The lowest BCUT2D eigenvalue weighted by molar-refractivity contribution is -0.322. The van der Waals surface area contributed by atoms with E-state index in [-0.39, 0.29) is 26.1 Å². The third-order valence-electron chi connectivity index (χ3n) is 10.4. The molecular weight excluding hydrogens is 644 g/mol. The largest absolute Gasteiger partial charge is 0.481 e. The summed E-state index contributed by atoms with van der Waals surface area (Å²) in [6, 6.07) is 0. The number of carboxylic acid groups (broad SMARTS) is 1. The maximum absolute atomic E-state index is 12.8. The molecule has 3 saturated heterocycles. The first kappa shape index (κ1) is 36.5. The van der Waals surface area contributed by atoms with Crippen molar-refractivity contribution >= 4 is 23.9 Å². The summed E-state index contributed by atoms with van der Waals surface area (Å²) < 4.78 is 40.7. The van der Waals surface area contributed by atoms with E-state index in [9.17, 15) is 44.7 Å². The number of rotatable bonds is 11. The van der Waals surface area contributed by atoms with E-state index in [1.807, 2.05) is 0 Å². The molecule has 3 heterocycles. The average molecular weight is 689 g/mol. The molecule has 1 saturated carbocycles. The molecule has 4 fully saturated rings. The van der Waals surface area contributed by atoms with Crippen LogP contribution in [0.3, 0.4) is 0 Å². The fourth-order valence-corrected chi connectivity index (χ4v) is 7.73. The molecule has 17 nitrogen and oxygen atoms in total. The molecule has 6 N–H and O–H groups in total. The Morgan fingerprint density at radius 1 is 1.02 bits per heavy atom. The summed E-state index contributed by atoms with van der Waals surface area (Å²) in [5.41, 5.74) is -4.48. The van der Waals surface area contributed by atoms with Gasteiger partial charge in [-0.05, 0) is 26.3 Å². The van der Waals surface area contributed by atoms with E-state index >= 15 is 0 Å². The van der Waals surface area contributed by atoms with Crippen molar-refractivity contribution in [3.63, 3.8) is 0 Å². The van der Waals surface area contributed by atoms with Crippen LogP contribution in [0.4, 0.5) is 0 Å². The van der Waals surface area contributed by atoms with Gasteiger partial charge in [-0.25, -0.2) is 0 Å². The zero-order valence-electron chi connectivity index (χ0n) is 27.3. The van der Waals surface area contributed by atoms with Gasteiger partial charge in [0.15, 0.2) is 6.29 Å². The van der Waals surface area contributed by atoms with Gasteiger partial charge < -0.3 is 63.8 Å². The molecule has 13 atom stereocenters. The van der Waals surface area contributed by atoms with E-state index in [4.69, 9.17) is 38.3 Å². The molecule has 1 spiro atoms. The monoisotopic (exact) mass is 688 g/mol. The van der Waals surface area contributed by atoms with Crippen molar-refractivity contribution in [2.75, 3.05) is 19.8 Å². The van der Waals surface area contributed by atoms with Crippen molar-refractivity contribution in [2.24, 2.45) is 10.8 Å². The summed E-state index contributed by atoms with van der Waals surface area (Å²) in [4.78, 5) is 47.6. The van der Waals surface area contributed by atoms with Gasteiger partial charge in [-0.2, -0.15) is 0 Å². The van der Waals surface area contributed by atoms with Crippen molar-refractivity contribution in [2.45, 2.75) is 126 Å². The maximum Gasteiger partial charge on any atom is 0.317 e. The Morgan fingerprint density at radius 3 is 2.27 bits per heavy atom. The quantitative estimate of drug-likeness (QED) is 0.0455. The predicted molar refractivity (Wildman–Crippen MR) is 154 cm³/mol. The van der Waals surface area contributed by atoms with Crippen molar-refractivity contribution < 1.29 is 83.0 Å². The minimum atomic E-state index is -1.85. The SMILES string of the molecule is CC(=O)OC[C@]12C[C@H](OC(=O)CC(C)(C)O)C(C)=C[C@H]1O[C@@H]1[C@H](O[C@@H]3O[C@H](COC(=O)CC(=O)O)[C@@H](O)[C@H](O)[C@H]3O)[C@@H](O)[C@@]2(C)[C@]12CO2. The van der Waals surface area contributed by atoms with Crippen LogP contribution >= 0.6 is 0 Å². The fraction of sp³-hybridized carbons (Fsp3) is 0.806. The highest BCUT2D eigenvalue weighted by atomic mass is 16.7. The maximum atomic E-state index is 12.8. The lowest BCUT2D eigenvalue weighted by atomic mass is 9.51. The molecule has 17 heteroatoms. The lowest BCUT2D eigenvalue weighted by Crippen LogP contribution is -2.67. The van der Waals surface area contributed by atoms with Crippen LogP contribution in [-0.4, -0.2) is 147 Å². The Bertz CT molecular complexity index is 1320. The fourth-order valence-electron chi connectivity index (χ4n) is 7.73. The number of aliphatic hydroxyl groups is 5. The smallest absolute Gasteiger partial charge is 0.317 e. The van der Waals surface area contributed by atoms with Crippen molar-refractivity contribution in [1.29, 1.82) is 0 Å². The summed E-state index contributed by atoms with van der Waals surface area (Å²) >= 11 is 0. The highest BCUT2D eigenvalue weighted by molar-refractivity contribution is 5.90. The number of aliphatic carboxylic acids is 1. The van der Waals surface area contributed by atoms with Gasteiger partial charge in [0, 0.05) is 24.2 Å². The Hall–Kier alpha value is -2.74. The number of carboxylic acids is 1. The summed E-state index contributed by atoms with van der Waals surface area (Å²) in [6.07, 6.45) is -13.5. The molecule has 0 aromatic rings. The highest BCUT2D eigenvalue weighted by Gasteiger charge is 2.85. The summed E-state index contributed by atoms with van der Waals surface area (Å²) in [6.45, 7) is 6.77. The van der Waals surface area contributed by atoms with Crippen molar-refractivity contribution in [1.82, 2.24) is 0 Å². The molecule has 2 bridgehead atoms. The standard InChI is InChI=1S/C31H44O17/c1-13-6-17-30(11-43-14(2)32,8-15(13)45-20(36)9-28(3,4)41)29(5)25(40)24(26(47-17)31(29)12-44-31)48-27-23(39)22(38)21(37)16(46-27)10-42-19(35)7-18(33)34/h6,15-17,21-27,37-41H,7-12H2,1-5H3,(H,33,34)/t15-,16+,17+,21+,22-,23+,24+,25+,26+,27-,29+,30+,31-/m0/s1. The first-order valence-corrected chi connectivity index (χ1v) is 15.7. The molecule has 5 rings (SSSR count). The average Bonchev–Trinajstić information content (AvgIpc) is 3.76. The van der Waals surface area contributed by atoms with Crippen LogP contribution in [-0.2, 0) is 52.3 Å². The molecule has 0 aromatic carbocycles. The van der Waals surface area contributed by atoms with Gasteiger partial charge >= 0.3 is 23.9 Å². The zero-order valence-corrected chi connectivity index (χ0v) is 27.3. The minimum Gasteiger partial charge on any atom is -0.481 e. The van der Waals surface area contributed by atoms with Crippen LogP contribution in [0.25, 0.3) is 0 Å². The van der Waals surface area contributed by atoms with Crippen molar-refractivity contribution in [3.8, 4) is 0 Å². The number of epoxide rings is 1. The van der Waals surface area contributed by atoms with E-state index in [2.05, 4.69) is 0 Å². The van der Waals surface area contributed by atoms with E-state index in [0.29, 0.717) is 5.57 Å². The van der Waals surface area contributed by atoms with Gasteiger partial charge in [0.2, 0.25) is 0 Å². The van der Waals surface area contributed by atoms with Crippen molar-refractivity contribution in [3.05, 3.63) is 11.6 Å². The number of carbonyl (C=O) groups is 4. The second-order valence-electron chi connectivity index (χ2n) is 14.2. The number of fused-ring (bicyclic) bond motifs is 2. The topological polar surface area (TPSA) is 258 Å². The van der Waals surface area contributed by atoms with E-state index in [1.54, 1.807) is 19.9 Å². The van der Waals surface area contributed by atoms with Crippen LogP contribution in [0.1, 0.15) is 53.9 Å². The molecule has 0 unspecified atom stereocenters. The number of ether oxygens (including phenoxy) is 7. The van der Waals surface area contributed by atoms with Gasteiger partial charge in [0.25, 0.3) is 0 Å². The molecule has 2 aliphatic carbocycles. The van der Waals surface area contributed by atoms with Crippen LogP contribution in [0, 0.1) is 10.8 Å². The number of aliphatic hydroxyl groups excluding tert-OH is 4. The second-order valence-corrected chi connectivity index (χ2v) is 14.2.